The number of carbonyl (C=O) groups is 2. The number of nitrogens with one attached hydrogen (secondary N) is 1. The van der Waals surface area contributed by atoms with E-state index in [4.69, 9.17) is 9.47 Å². The van der Waals surface area contributed by atoms with Crippen molar-refractivity contribution < 1.29 is 19.1 Å². The van der Waals surface area contributed by atoms with Crippen molar-refractivity contribution in [1.82, 2.24) is 5.32 Å². The van der Waals surface area contributed by atoms with Crippen molar-refractivity contribution in [2.75, 3.05) is 19.1 Å². The Morgan fingerprint density at radius 1 is 1.00 bits per heavy atom. The van der Waals surface area contributed by atoms with E-state index in [9.17, 15) is 9.59 Å². The van der Waals surface area contributed by atoms with E-state index in [-0.39, 0.29) is 24.5 Å². The fourth-order valence-electron chi connectivity index (χ4n) is 2.28. The minimum atomic E-state index is -0.353. The van der Waals surface area contributed by atoms with Crippen LogP contribution < -0.4 is 19.7 Å². The summed E-state index contributed by atoms with van der Waals surface area (Å²) in [7, 11) is 3.28. The Morgan fingerprint density at radius 3 is 2.12 bits per heavy atom. The molecule has 1 N–H and O–H groups in total. The minimum Gasteiger partial charge on any atom is -0.497 e. The molecule has 138 valence electrons. The molecule has 6 nitrogen and oxygen atoms in total. The van der Waals surface area contributed by atoms with Crippen molar-refractivity contribution in [2.24, 2.45) is 0 Å². The molecule has 6 heteroatoms. The largest absolute Gasteiger partial charge is 0.497 e. The van der Waals surface area contributed by atoms with Crippen LogP contribution in [0.3, 0.4) is 0 Å². The van der Waals surface area contributed by atoms with E-state index >= 15 is 0 Å². The normalized spacial score (nSPS) is 10.3. The number of urea groups is 1. The first kappa shape index (κ1) is 19.3. The molecule has 0 fully saturated rings. The first-order valence-electron chi connectivity index (χ1n) is 8.37. The molecular weight excluding hydrogens is 332 g/mol. The van der Waals surface area contributed by atoms with Gasteiger partial charge < -0.3 is 14.8 Å². The Balaban J connectivity index is 1.93. The van der Waals surface area contributed by atoms with Gasteiger partial charge in [-0.25, -0.2) is 4.79 Å². The highest BCUT2D eigenvalue weighted by Gasteiger charge is 2.12. The van der Waals surface area contributed by atoms with Gasteiger partial charge in [-0.2, -0.15) is 0 Å². The van der Waals surface area contributed by atoms with Crippen molar-refractivity contribution in [1.29, 1.82) is 0 Å². The fourth-order valence-corrected chi connectivity index (χ4v) is 2.28. The number of nitrogens with zero attached hydrogens (tertiary/aromatic N) is 1. The molecule has 0 atom stereocenters. The Morgan fingerprint density at radius 2 is 1.58 bits per heavy atom. The van der Waals surface area contributed by atoms with Crippen molar-refractivity contribution in [2.45, 2.75) is 26.3 Å². The van der Waals surface area contributed by atoms with Crippen LogP contribution >= 0.6 is 0 Å². The van der Waals surface area contributed by atoms with Gasteiger partial charge in [0, 0.05) is 18.8 Å². The Kier molecular flexibility index (Phi) is 6.60. The lowest BCUT2D eigenvalue weighted by Gasteiger charge is -2.20. The summed E-state index contributed by atoms with van der Waals surface area (Å²) in [5.41, 5.74) is 1.55. The lowest BCUT2D eigenvalue weighted by atomic mass is 10.1. The van der Waals surface area contributed by atoms with E-state index in [2.05, 4.69) is 5.32 Å². The molecule has 0 radical (unpaired) electrons. The number of hydrogen-bond donors (Lipinski definition) is 1. The summed E-state index contributed by atoms with van der Waals surface area (Å²) in [6.45, 7) is 3.80. The molecule has 2 rings (SSSR count). The van der Waals surface area contributed by atoms with E-state index in [1.807, 2.05) is 26.0 Å². The third-order valence-corrected chi connectivity index (χ3v) is 3.68. The van der Waals surface area contributed by atoms with E-state index in [0.29, 0.717) is 11.4 Å². The van der Waals surface area contributed by atoms with Crippen LogP contribution in [-0.4, -0.2) is 32.2 Å². The van der Waals surface area contributed by atoms with Crippen LogP contribution in [0.5, 0.6) is 11.5 Å². The van der Waals surface area contributed by atoms with Gasteiger partial charge in [0.25, 0.3) is 0 Å². The zero-order valence-corrected chi connectivity index (χ0v) is 15.5. The van der Waals surface area contributed by atoms with Crippen molar-refractivity contribution in [3.05, 3.63) is 54.1 Å². The van der Waals surface area contributed by atoms with Gasteiger partial charge in [0.2, 0.25) is 0 Å². The minimum absolute atomic E-state index is 0.0585. The zero-order valence-electron chi connectivity index (χ0n) is 15.5. The molecule has 0 heterocycles. The van der Waals surface area contributed by atoms with Crippen LogP contribution in [0.15, 0.2) is 48.5 Å². The monoisotopic (exact) mass is 356 g/mol. The molecule has 0 aliphatic rings. The highest BCUT2D eigenvalue weighted by Crippen LogP contribution is 2.19. The number of carbonyl (C=O) groups excluding carboxylic acids is 2. The summed E-state index contributed by atoms with van der Waals surface area (Å²) in [6.07, 6.45) is 0.169. The molecule has 0 aliphatic heterocycles. The first-order valence-corrected chi connectivity index (χ1v) is 8.37. The van der Waals surface area contributed by atoms with E-state index < -0.39 is 0 Å². The van der Waals surface area contributed by atoms with Crippen molar-refractivity contribution in [3.63, 3.8) is 0 Å². The molecule has 0 unspecified atom stereocenters. The summed E-state index contributed by atoms with van der Waals surface area (Å²) in [6, 6.07) is 13.9. The Labute approximate surface area is 153 Å². The van der Waals surface area contributed by atoms with Gasteiger partial charge in [-0.05, 0) is 55.8 Å². The first-order chi connectivity index (χ1) is 12.4. The smallest absolute Gasteiger partial charge is 0.321 e. The van der Waals surface area contributed by atoms with Crippen LogP contribution in [0, 0.1) is 0 Å². The quantitative estimate of drug-likeness (QED) is 0.636. The van der Waals surface area contributed by atoms with Crippen LogP contribution in [0.1, 0.15) is 19.4 Å². The predicted octanol–water partition coefficient (Wildman–Crippen LogP) is 3.40. The number of esters is 1. The molecular formula is C20H24N2O4. The van der Waals surface area contributed by atoms with Crippen molar-refractivity contribution >= 4 is 17.7 Å². The van der Waals surface area contributed by atoms with Crippen LogP contribution in [-0.2, 0) is 11.2 Å². The molecule has 0 saturated carbocycles. The van der Waals surface area contributed by atoms with Crippen LogP contribution in [0.25, 0.3) is 0 Å². The number of anilines is 1. The molecule has 0 aliphatic carbocycles. The summed E-state index contributed by atoms with van der Waals surface area (Å²) < 4.78 is 10.4. The summed E-state index contributed by atoms with van der Waals surface area (Å²) in [5, 5.41) is 2.82. The lowest BCUT2D eigenvalue weighted by Crippen LogP contribution is -2.40. The van der Waals surface area contributed by atoms with E-state index in [1.165, 1.54) is 4.90 Å². The highest BCUT2D eigenvalue weighted by atomic mass is 16.5. The van der Waals surface area contributed by atoms with Gasteiger partial charge in [-0.15, -0.1) is 0 Å². The number of rotatable bonds is 6. The maximum atomic E-state index is 12.1. The fraction of sp³-hybridized carbons (Fsp3) is 0.300. The highest BCUT2D eigenvalue weighted by molar-refractivity contribution is 5.91. The molecule has 0 aromatic heterocycles. The zero-order chi connectivity index (χ0) is 19.1. The van der Waals surface area contributed by atoms with Gasteiger partial charge in [0.1, 0.15) is 11.5 Å². The topological polar surface area (TPSA) is 67.9 Å². The van der Waals surface area contributed by atoms with Crippen LogP contribution in [0.2, 0.25) is 0 Å². The summed E-state index contributed by atoms with van der Waals surface area (Å²) >= 11 is 0. The van der Waals surface area contributed by atoms with Gasteiger partial charge in [0.15, 0.2) is 0 Å². The number of hydrogen-bond acceptors (Lipinski definition) is 4. The molecule has 2 amide bonds. The summed E-state index contributed by atoms with van der Waals surface area (Å²) in [4.78, 5) is 25.5. The third kappa shape index (κ3) is 5.51. The van der Waals surface area contributed by atoms with Crippen molar-refractivity contribution in [3.8, 4) is 11.5 Å². The number of amides is 2. The SMILES string of the molecule is COc1ccc(CC(=O)Oc2ccc(N(C)C(=O)NC(C)C)cc2)cc1. The van der Waals surface area contributed by atoms with Gasteiger partial charge in [-0.1, -0.05) is 12.1 Å². The van der Waals surface area contributed by atoms with Crippen LogP contribution in [0.4, 0.5) is 10.5 Å². The predicted molar refractivity (Wildman–Crippen MR) is 101 cm³/mol. The number of benzene rings is 2. The average Bonchev–Trinajstić information content (AvgIpc) is 2.61. The molecule has 2 aromatic carbocycles. The molecule has 2 aromatic rings. The standard InChI is InChI=1S/C20H24N2O4/c1-14(2)21-20(24)22(3)16-7-11-18(12-8-16)26-19(23)13-15-5-9-17(25-4)10-6-15/h5-12,14H,13H2,1-4H3,(H,21,24). The Hall–Kier alpha value is -3.02. The second-order valence-corrected chi connectivity index (χ2v) is 6.16. The van der Waals surface area contributed by atoms with Gasteiger partial charge in [0.05, 0.1) is 13.5 Å². The third-order valence-electron chi connectivity index (χ3n) is 3.68. The number of ether oxygens (including phenoxy) is 2. The average molecular weight is 356 g/mol. The Bertz CT molecular complexity index is 739. The second-order valence-electron chi connectivity index (χ2n) is 6.16. The molecule has 0 bridgehead atoms. The van der Waals surface area contributed by atoms with E-state index in [0.717, 1.165) is 11.3 Å². The lowest BCUT2D eigenvalue weighted by molar-refractivity contribution is -0.133. The summed E-state index contributed by atoms with van der Waals surface area (Å²) in [5.74, 6) is 0.821. The molecule has 26 heavy (non-hydrogen) atoms. The van der Waals surface area contributed by atoms with Gasteiger partial charge >= 0.3 is 12.0 Å². The molecule has 0 spiro atoms. The van der Waals surface area contributed by atoms with E-state index in [1.54, 1.807) is 50.6 Å². The maximum absolute atomic E-state index is 12.1. The maximum Gasteiger partial charge on any atom is 0.321 e. The second kappa shape index (κ2) is 8.89. The van der Waals surface area contributed by atoms with Gasteiger partial charge in [-0.3, -0.25) is 9.69 Å². The number of methoxy groups -OCH3 is 1. The molecule has 0 saturated heterocycles.